The highest BCUT2D eigenvalue weighted by Gasteiger charge is 2.85. The van der Waals surface area contributed by atoms with Crippen molar-refractivity contribution >= 4 is 50.4 Å². The summed E-state index contributed by atoms with van der Waals surface area (Å²) in [6.45, 7) is 3.52. The molecular formula is C29H22BrNO5. The van der Waals surface area contributed by atoms with Crippen LogP contribution < -0.4 is 4.90 Å². The lowest BCUT2D eigenvalue weighted by Gasteiger charge is -2.41. The van der Waals surface area contributed by atoms with Crippen LogP contribution >= 0.6 is 15.9 Å². The summed E-state index contributed by atoms with van der Waals surface area (Å²) in [5.74, 6) is -3.08. The van der Waals surface area contributed by atoms with Gasteiger partial charge in [0.1, 0.15) is 4.32 Å². The van der Waals surface area contributed by atoms with Crippen LogP contribution in [0.1, 0.15) is 25.0 Å². The summed E-state index contributed by atoms with van der Waals surface area (Å²) in [5.41, 5.74) is 0.616. The fourth-order valence-corrected chi connectivity index (χ4v) is 7.90. The van der Waals surface area contributed by atoms with E-state index in [0.717, 1.165) is 27.2 Å². The van der Waals surface area contributed by atoms with Crippen LogP contribution in [0, 0.1) is 16.7 Å². The molecule has 1 saturated carbocycles. The Morgan fingerprint density at radius 2 is 1.33 bits per heavy atom. The first-order valence-electron chi connectivity index (χ1n) is 11.6. The standard InChI is InChI=1S/C29H22BrNO5/c1-27-21(16-9-5-3-6-10-16)22(17-11-7-4-8-12-17)28(2,25(27)35)29(30)23(27)24(34)31(26(29)36)18-13-14-19(32)20(33)15-18/h3-15,23,32-33H,1-2H3. The number of phenols is 2. The lowest BCUT2D eigenvalue weighted by atomic mass is 9.63. The molecule has 1 saturated heterocycles. The Bertz CT molecular complexity index is 1520. The third-order valence-corrected chi connectivity index (χ3v) is 9.81. The van der Waals surface area contributed by atoms with Crippen molar-refractivity contribution in [2.45, 2.75) is 18.2 Å². The highest BCUT2D eigenvalue weighted by molar-refractivity contribution is 9.10. The maximum Gasteiger partial charge on any atom is 0.252 e. The molecule has 0 spiro atoms. The van der Waals surface area contributed by atoms with Gasteiger partial charge in [-0.05, 0) is 48.3 Å². The van der Waals surface area contributed by atoms with Crippen molar-refractivity contribution in [2.75, 3.05) is 4.90 Å². The number of nitrogens with zero attached hydrogens (tertiary/aromatic N) is 1. The van der Waals surface area contributed by atoms with E-state index >= 15 is 0 Å². The van der Waals surface area contributed by atoms with Gasteiger partial charge in [0.15, 0.2) is 17.3 Å². The van der Waals surface area contributed by atoms with E-state index in [2.05, 4.69) is 15.9 Å². The number of hydrogen-bond acceptors (Lipinski definition) is 5. The second-order valence-electron chi connectivity index (χ2n) is 9.94. The molecule has 2 N–H and O–H groups in total. The minimum atomic E-state index is -1.53. The molecule has 7 heteroatoms. The van der Waals surface area contributed by atoms with Crippen LogP contribution in [-0.2, 0) is 14.4 Å². The summed E-state index contributed by atoms with van der Waals surface area (Å²) in [6.07, 6.45) is 0. The average Bonchev–Trinajstić information content (AvgIpc) is 3.26. The molecular weight excluding hydrogens is 522 g/mol. The molecule has 4 atom stereocenters. The summed E-state index contributed by atoms with van der Waals surface area (Å²) in [5, 5.41) is 19.8. The second-order valence-corrected chi connectivity index (χ2v) is 11.2. The summed E-state index contributed by atoms with van der Waals surface area (Å²) in [6, 6.07) is 22.8. The molecule has 36 heavy (non-hydrogen) atoms. The normalized spacial score (nSPS) is 30.9. The minimum absolute atomic E-state index is 0.134. The van der Waals surface area contributed by atoms with Gasteiger partial charge in [-0.2, -0.15) is 0 Å². The molecule has 0 radical (unpaired) electrons. The van der Waals surface area contributed by atoms with E-state index in [1.54, 1.807) is 13.8 Å². The maximum absolute atomic E-state index is 14.4. The topological polar surface area (TPSA) is 94.9 Å². The Hall–Kier alpha value is -3.71. The number of alkyl halides is 1. The average molecular weight is 544 g/mol. The largest absolute Gasteiger partial charge is 0.504 e. The second kappa shape index (κ2) is 7.17. The number of rotatable bonds is 3. The Kier molecular flexibility index (Phi) is 4.53. The Labute approximate surface area is 216 Å². The predicted molar refractivity (Wildman–Crippen MR) is 138 cm³/mol. The Morgan fingerprint density at radius 1 is 0.778 bits per heavy atom. The van der Waals surface area contributed by atoms with Crippen molar-refractivity contribution < 1.29 is 24.6 Å². The van der Waals surface area contributed by atoms with E-state index in [1.807, 2.05) is 60.7 Å². The molecule has 2 bridgehead atoms. The fourth-order valence-electron chi connectivity index (χ4n) is 6.69. The first kappa shape index (κ1) is 22.7. The number of carbonyl (C=O) groups is 3. The Balaban J connectivity index is 1.65. The van der Waals surface area contributed by atoms with E-state index < -0.39 is 38.6 Å². The van der Waals surface area contributed by atoms with Gasteiger partial charge in [0.2, 0.25) is 5.91 Å². The first-order chi connectivity index (χ1) is 17.1. The smallest absolute Gasteiger partial charge is 0.252 e. The number of hydrogen-bond donors (Lipinski definition) is 2. The molecule has 6 nitrogen and oxygen atoms in total. The first-order valence-corrected chi connectivity index (χ1v) is 12.4. The number of halogens is 1. The summed E-state index contributed by atoms with van der Waals surface area (Å²) < 4.78 is -1.53. The van der Waals surface area contributed by atoms with Crippen molar-refractivity contribution in [1.29, 1.82) is 0 Å². The molecule has 2 amide bonds. The van der Waals surface area contributed by atoms with Gasteiger partial charge in [0.25, 0.3) is 5.91 Å². The lowest BCUT2D eigenvalue weighted by Crippen LogP contribution is -2.50. The van der Waals surface area contributed by atoms with Crippen LogP contribution in [-0.4, -0.2) is 32.1 Å². The van der Waals surface area contributed by atoms with Gasteiger partial charge in [0, 0.05) is 6.07 Å². The van der Waals surface area contributed by atoms with Gasteiger partial charge in [-0.25, -0.2) is 4.90 Å². The van der Waals surface area contributed by atoms with Gasteiger partial charge < -0.3 is 10.2 Å². The van der Waals surface area contributed by atoms with E-state index in [1.165, 1.54) is 18.2 Å². The molecule has 4 unspecified atom stereocenters. The highest BCUT2D eigenvalue weighted by atomic mass is 79.9. The van der Waals surface area contributed by atoms with Crippen molar-refractivity contribution in [2.24, 2.45) is 16.7 Å². The third-order valence-electron chi connectivity index (χ3n) is 8.22. The van der Waals surface area contributed by atoms with Crippen LogP contribution in [0.5, 0.6) is 11.5 Å². The summed E-state index contributed by atoms with van der Waals surface area (Å²) in [7, 11) is 0. The molecule has 3 aromatic carbocycles. The predicted octanol–water partition coefficient (Wildman–Crippen LogP) is 4.94. The number of fused-ring (bicyclic) bond motifs is 5. The quantitative estimate of drug-likeness (QED) is 0.277. The number of ketones is 1. The molecule has 3 aliphatic rings. The van der Waals surface area contributed by atoms with Crippen LogP contribution in [0.2, 0.25) is 0 Å². The van der Waals surface area contributed by atoms with E-state index in [0.29, 0.717) is 0 Å². The zero-order valence-corrected chi connectivity index (χ0v) is 21.1. The van der Waals surface area contributed by atoms with Gasteiger partial charge in [0.05, 0.1) is 22.4 Å². The third kappa shape index (κ3) is 2.39. The van der Waals surface area contributed by atoms with Crippen molar-refractivity contribution in [3.05, 3.63) is 90.0 Å². The van der Waals surface area contributed by atoms with E-state index in [-0.39, 0.29) is 17.2 Å². The zero-order chi connectivity index (χ0) is 25.6. The number of carbonyl (C=O) groups excluding carboxylic acids is 3. The molecule has 3 aromatic rings. The van der Waals surface area contributed by atoms with Crippen molar-refractivity contribution in [3.63, 3.8) is 0 Å². The van der Waals surface area contributed by atoms with Gasteiger partial charge >= 0.3 is 0 Å². The van der Waals surface area contributed by atoms with Gasteiger partial charge in [-0.3, -0.25) is 14.4 Å². The molecule has 180 valence electrons. The summed E-state index contributed by atoms with van der Waals surface area (Å²) in [4.78, 5) is 43.6. The number of anilines is 1. The van der Waals surface area contributed by atoms with E-state index in [4.69, 9.17) is 0 Å². The zero-order valence-electron chi connectivity index (χ0n) is 19.5. The number of amides is 2. The minimum Gasteiger partial charge on any atom is -0.504 e. The number of allylic oxidation sites excluding steroid dienone is 2. The number of Topliss-reactive ketones (excluding diaryl/α,β-unsaturated/α-hetero) is 1. The SMILES string of the molecule is CC12C(=O)C(C)(C(c3ccccc3)=C1c1ccccc1)C1(Br)C(=O)N(c3ccc(O)c(O)c3)C(=O)C21. The fraction of sp³-hybridized carbons (Fsp3) is 0.207. The van der Waals surface area contributed by atoms with Gasteiger partial charge in [-0.1, -0.05) is 76.6 Å². The van der Waals surface area contributed by atoms with Crippen molar-refractivity contribution in [1.82, 2.24) is 0 Å². The maximum atomic E-state index is 14.4. The number of aromatic hydroxyl groups is 2. The van der Waals surface area contributed by atoms with Crippen LogP contribution in [0.25, 0.3) is 11.1 Å². The van der Waals surface area contributed by atoms with Crippen LogP contribution in [0.4, 0.5) is 5.69 Å². The number of phenolic OH excluding ortho intramolecular Hbond substituents is 2. The lowest BCUT2D eigenvalue weighted by molar-refractivity contribution is -0.133. The van der Waals surface area contributed by atoms with E-state index in [9.17, 15) is 24.6 Å². The molecule has 2 aliphatic carbocycles. The van der Waals surface area contributed by atoms with Crippen LogP contribution in [0.3, 0.4) is 0 Å². The van der Waals surface area contributed by atoms with Gasteiger partial charge in [-0.15, -0.1) is 0 Å². The molecule has 6 rings (SSSR count). The van der Waals surface area contributed by atoms with Crippen molar-refractivity contribution in [3.8, 4) is 11.5 Å². The van der Waals surface area contributed by atoms with Crippen LogP contribution in [0.15, 0.2) is 78.9 Å². The molecule has 1 aliphatic heterocycles. The number of benzene rings is 3. The summed E-state index contributed by atoms with van der Waals surface area (Å²) >= 11 is 3.70. The monoisotopic (exact) mass is 543 g/mol. The highest BCUT2D eigenvalue weighted by Crippen LogP contribution is 2.77. The molecule has 0 aromatic heterocycles. The number of imide groups is 1. The molecule has 2 fully saturated rings. The Morgan fingerprint density at radius 3 is 1.89 bits per heavy atom. The molecule has 1 heterocycles.